The molecule has 0 aliphatic rings. The van der Waals surface area contributed by atoms with Gasteiger partial charge < -0.3 is 16.6 Å². The Morgan fingerprint density at radius 2 is 2.29 bits per heavy atom. The van der Waals surface area contributed by atoms with Crippen molar-refractivity contribution in [3.8, 4) is 0 Å². The molecule has 6 heteroatoms. The Kier molecular flexibility index (Phi) is 5.24. The van der Waals surface area contributed by atoms with Crippen molar-refractivity contribution in [2.75, 3.05) is 17.2 Å². The Labute approximate surface area is 105 Å². The number of anilines is 1. The maximum absolute atomic E-state index is 10.5. The largest absolute Gasteiger partial charge is 0.480 e. The average molecular weight is 255 g/mol. The number of nitrogen functional groups attached to an aromatic ring is 1. The van der Waals surface area contributed by atoms with E-state index >= 15 is 0 Å². The molecule has 0 saturated carbocycles. The topological polar surface area (TPSA) is 102 Å². The van der Waals surface area contributed by atoms with E-state index in [1.165, 1.54) is 11.8 Å². The van der Waals surface area contributed by atoms with Crippen molar-refractivity contribution in [2.45, 2.75) is 19.4 Å². The summed E-state index contributed by atoms with van der Waals surface area (Å²) in [4.78, 5) is 14.7. The third kappa shape index (κ3) is 5.06. The van der Waals surface area contributed by atoms with Crippen LogP contribution in [0.25, 0.3) is 0 Å². The average Bonchev–Trinajstić information content (AvgIpc) is 2.22. The van der Waals surface area contributed by atoms with Crippen molar-refractivity contribution in [2.24, 2.45) is 5.73 Å². The number of rotatable bonds is 6. The first-order chi connectivity index (χ1) is 7.99. The molecule has 0 aliphatic carbocycles. The zero-order valence-electron chi connectivity index (χ0n) is 9.72. The van der Waals surface area contributed by atoms with Crippen molar-refractivity contribution in [1.29, 1.82) is 0 Å². The van der Waals surface area contributed by atoms with Crippen LogP contribution in [0.2, 0.25) is 0 Å². The number of nitrogens with two attached hydrogens (primary N) is 2. The third-order valence-electron chi connectivity index (χ3n) is 2.16. The molecule has 5 N–H and O–H groups in total. The predicted octanol–water partition coefficient (Wildman–Crippen LogP) is 0.660. The van der Waals surface area contributed by atoms with E-state index in [1.807, 2.05) is 19.1 Å². The van der Waals surface area contributed by atoms with E-state index in [0.717, 1.165) is 23.4 Å². The highest BCUT2D eigenvalue weighted by molar-refractivity contribution is 7.99. The zero-order chi connectivity index (χ0) is 12.8. The quantitative estimate of drug-likeness (QED) is 0.645. The van der Waals surface area contributed by atoms with E-state index in [9.17, 15) is 4.79 Å². The van der Waals surface area contributed by atoms with E-state index in [1.54, 1.807) is 0 Å². The van der Waals surface area contributed by atoms with Gasteiger partial charge in [0, 0.05) is 11.4 Å². The van der Waals surface area contributed by atoms with Crippen molar-refractivity contribution in [3.63, 3.8) is 0 Å². The molecule has 0 saturated heterocycles. The first kappa shape index (κ1) is 13.8. The van der Waals surface area contributed by atoms with Crippen molar-refractivity contribution in [3.05, 3.63) is 23.4 Å². The molecule has 0 amide bonds. The fourth-order valence-corrected chi connectivity index (χ4v) is 2.27. The number of aliphatic carboxylic acids is 1. The van der Waals surface area contributed by atoms with Crippen LogP contribution in [0.5, 0.6) is 0 Å². The normalized spacial score (nSPS) is 12.4. The number of nitrogens with zero attached hydrogens (tertiary/aromatic N) is 1. The van der Waals surface area contributed by atoms with E-state index in [2.05, 4.69) is 4.98 Å². The van der Waals surface area contributed by atoms with Crippen LogP contribution in [0.4, 0.5) is 5.82 Å². The molecule has 17 heavy (non-hydrogen) atoms. The standard InChI is InChI=1S/C11H17N3O2S/c1-7-4-8(14-10(13)5-7)2-3-17-6-9(12)11(15)16/h4-5,9H,2-3,6,12H2,1H3,(H2,13,14)(H,15,16)/t9-/m0/s1. The number of carboxylic acid groups (broad SMARTS) is 1. The van der Waals surface area contributed by atoms with E-state index in [4.69, 9.17) is 16.6 Å². The number of hydrogen-bond donors (Lipinski definition) is 3. The lowest BCUT2D eigenvalue weighted by Crippen LogP contribution is -2.32. The molecule has 0 bridgehead atoms. The summed E-state index contributed by atoms with van der Waals surface area (Å²) in [6.45, 7) is 1.97. The van der Waals surface area contributed by atoms with Crippen LogP contribution in [0.15, 0.2) is 12.1 Å². The van der Waals surface area contributed by atoms with Crippen LogP contribution in [0.1, 0.15) is 11.3 Å². The molecule has 1 rings (SSSR count). The molecule has 5 nitrogen and oxygen atoms in total. The first-order valence-electron chi connectivity index (χ1n) is 5.28. The minimum Gasteiger partial charge on any atom is -0.480 e. The molecule has 1 aromatic rings. The van der Waals surface area contributed by atoms with Crippen molar-refractivity contribution >= 4 is 23.5 Å². The number of hydrogen-bond acceptors (Lipinski definition) is 5. The maximum Gasteiger partial charge on any atom is 0.321 e. The summed E-state index contributed by atoms with van der Waals surface area (Å²) in [5.41, 5.74) is 13.0. The second kappa shape index (κ2) is 6.46. The van der Waals surface area contributed by atoms with Gasteiger partial charge in [0.05, 0.1) is 0 Å². The number of pyridine rings is 1. The van der Waals surface area contributed by atoms with Gasteiger partial charge in [0.25, 0.3) is 0 Å². The summed E-state index contributed by atoms with van der Waals surface area (Å²) < 4.78 is 0. The summed E-state index contributed by atoms with van der Waals surface area (Å²) in [5.74, 6) is 0.760. The summed E-state index contributed by atoms with van der Waals surface area (Å²) >= 11 is 1.51. The summed E-state index contributed by atoms with van der Waals surface area (Å²) in [7, 11) is 0. The third-order valence-corrected chi connectivity index (χ3v) is 3.25. The van der Waals surface area contributed by atoms with Gasteiger partial charge in [-0.1, -0.05) is 0 Å². The smallest absolute Gasteiger partial charge is 0.321 e. The number of carbonyl (C=O) groups is 1. The highest BCUT2D eigenvalue weighted by Gasteiger charge is 2.10. The number of aromatic nitrogens is 1. The Morgan fingerprint density at radius 3 is 2.88 bits per heavy atom. The van der Waals surface area contributed by atoms with Gasteiger partial charge in [0.15, 0.2) is 0 Å². The molecule has 94 valence electrons. The number of thioether (sulfide) groups is 1. The van der Waals surface area contributed by atoms with Gasteiger partial charge in [-0.3, -0.25) is 4.79 Å². The second-order valence-electron chi connectivity index (χ2n) is 3.83. The maximum atomic E-state index is 10.5. The van der Waals surface area contributed by atoms with Gasteiger partial charge in [-0.05, 0) is 36.8 Å². The Bertz CT molecular complexity index is 378. The Hall–Kier alpha value is -1.27. The van der Waals surface area contributed by atoms with E-state index in [0.29, 0.717) is 11.6 Å². The lowest BCUT2D eigenvalue weighted by Gasteiger charge is -2.06. The second-order valence-corrected chi connectivity index (χ2v) is 4.98. The van der Waals surface area contributed by atoms with Crippen LogP contribution in [0, 0.1) is 6.92 Å². The highest BCUT2D eigenvalue weighted by atomic mass is 32.2. The predicted molar refractivity (Wildman–Crippen MR) is 70.0 cm³/mol. The molecule has 0 fully saturated rings. The lowest BCUT2D eigenvalue weighted by atomic mass is 10.2. The minimum atomic E-state index is -0.963. The van der Waals surface area contributed by atoms with Gasteiger partial charge >= 0.3 is 5.97 Å². The van der Waals surface area contributed by atoms with Crippen LogP contribution >= 0.6 is 11.8 Å². The van der Waals surface area contributed by atoms with Gasteiger partial charge in [-0.25, -0.2) is 4.98 Å². The van der Waals surface area contributed by atoms with Crippen molar-refractivity contribution in [1.82, 2.24) is 4.98 Å². The van der Waals surface area contributed by atoms with Crippen molar-refractivity contribution < 1.29 is 9.90 Å². The van der Waals surface area contributed by atoms with Crippen LogP contribution in [-0.4, -0.2) is 33.6 Å². The van der Waals surface area contributed by atoms with Gasteiger partial charge in [0.2, 0.25) is 0 Å². The molecule has 0 aliphatic heterocycles. The fourth-order valence-electron chi connectivity index (χ4n) is 1.35. The molecule has 0 unspecified atom stereocenters. The minimum absolute atomic E-state index is 0.413. The molecule has 1 aromatic heterocycles. The Balaban J connectivity index is 2.33. The molecule has 1 atom stereocenters. The SMILES string of the molecule is Cc1cc(N)nc(CCSC[C@H](N)C(=O)O)c1. The monoisotopic (exact) mass is 255 g/mol. The molecule has 0 radical (unpaired) electrons. The fraction of sp³-hybridized carbons (Fsp3) is 0.455. The zero-order valence-corrected chi connectivity index (χ0v) is 10.5. The molecular formula is C11H17N3O2S. The summed E-state index contributed by atoms with van der Waals surface area (Å²) in [6.07, 6.45) is 0.767. The summed E-state index contributed by atoms with van der Waals surface area (Å²) in [5, 5.41) is 8.60. The van der Waals surface area contributed by atoms with Gasteiger partial charge in [0.1, 0.15) is 11.9 Å². The van der Waals surface area contributed by atoms with Crippen LogP contribution < -0.4 is 11.5 Å². The number of carboxylic acids is 1. The molecular weight excluding hydrogens is 238 g/mol. The first-order valence-corrected chi connectivity index (χ1v) is 6.43. The number of aryl methyl sites for hydroxylation is 2. The van der Waals surface area contributed by atoms with E-state index < -0.39 is 12.0 Å². The highest BCUT2D eigenvalue weighted by Crippen LogP contribution is 2.10. The van der Waals surface area contributed by atoms with Crippen LogP contribution in [0.3, 0.4) is 0 Å². The van der Waals surface area contributed by atoms with E-state index in [-0.39, 0.29) is 0 Å². The molecule has 0 spiro atoms. The summed E-state index contributed by atoms with van der Waals surface area (Å²) in [6, 6.07) is 3.00. The molecule has 1 heterocycles. The Morgan fingerprint density at radius 1 is 1.59 bits per heavy atom. The van der Waals surface area contributed by atoms with Gasteiger partial charge in [-0.2, -0.15) is 11.8 Å². The van der Waals surface area contributed by atoms with Crippen LogP contribution in [-0.2, 0) is 11.2 Å². The molecule has 0 aromatic carbocycles. The van der Waals surface area contributed by atoms with Gasteiger partial charge in [-0.15, -0.1) is 0 Å². The lowest BCUT2D eigenvalue weighted by molar-refractivity contribution is -0.137.